The van der Waals surface area contributed by atoms with Crippen LogP contribution in [0.15, 0.2) is 6.20 Å². The number of carboxylic acids is 1. The number of nitrogens with zero attached hydrogens (tertiary/aromatic N) is 3. The quantitative estimate of drug-likeness (QED) is 0.884. The van der Waals surface area contributed by atoms with E-state index in [1.807, 2.05) is 0 Å². The Morgan fingerprint density at radius 2 is 1.92 bits per heavy atom. The van der Waals surface area contributed by atoms with Crippen molar-refractivity contribution in [3.05, 3.63) is 17.5 Å². The van der Waals surface area contributed by atoms with Crippen LogP contribution in [0.5, 0.6) is 0 Å². The minimum atomic E-state index is -4.91. The van der Waals surface area contributed by atoms with Crippen molar-refractivity contribution in [2.45, 2.75) is 50.6 Å². The van der Waals surface area contributed by atoms with Crippen LogP contribution in [0.1, 0.15) is 60.5 Å². The van der Waals surface area contributed by atoms with E-state index >= 15 is 0 Å². The predicted molar refractivity (Wildman–Crippen MR) is 85.7 cm³/mol. The molecule has 1 aliphatic heterocycles. The number of aryl methyl sites for hydroxylation is 1. The lowest BCUT2D eigenvalue weighted by Gasteiger charge is -2.27. The molecule has 9 heteroatoms. The predicted octanol–water partition coefficient (Wildman–Crippen LogP) is 2.95. The second-order valence-corrected chi connectivity index (χ2v) is 7.30. The van der Waals surface area contributed by atoms with Gasteiger partial charge in [-0.1, -0.05) is 19.3 Å². The molecular formula is C17H22F3N3O3. The van der Waals surface area contributed by atoms with Gasteiger partial charge in [0.25, 0.3) is 5.91 Å². The van der Waals surface area contributed by atoms with E-state index in [1.165, 1.54) is 10.9 Å². The molecule has 1 aromatic rings. The summed E-state index contributed by atoms with van der Waals surface area (Å²) < 4.78 is 41.5. The maximum Gasteiger partial charge on any atom is 0.406 e. The largest absolute Gasteiger partial charge is 0.481 e. The zero-order chi connectivity index (χ0) is 19.1. The van der Waals surface area contributed by atoms with Crippen LogP contribution in [0, 0.1) is 5.41 Å². The number of aromatic nitrogens is 2. The number of halogens is 3. The molecule has 0 spiro atoms. The molecule has 0 radical (unpaired) electrons. The first-order valence-corrected chi connectivity index (χ1v) is 8.78. The maximum absolute atomic E-state index is 13.3. The Balaban J connectivity index is 1.86. The van der Waals surface area contributed by atoms with Crippen LogP contribution in [-0.2, 0) is 11.8 Å². The summed E-state index contributed by atoms with van der Waals surface area (Å²) in [4.78, 5) is 25.2. The third-order valence-corrected chi connectivity index (χ3v) is 5.59. The van der Waals surface area contributed by atoms with Crippen LogP contribution in [0.2, 0.25) is 0 Å². The summed E-state index contributed by atoms with van der Waals surface area (Å²) in [6.45, 7) is -1.09. The number of alkyl halides is 3. The summed E-state index contributed by atoms with van der Waals surface area (Å²) in [6, 6.07) is 0. The third-order valence-electron chi connectivity index (χ3n) is 5.59. The normalized spacial score (nSPS) is 24.8. The van der Waals surface area contributed by atoms with E-state index in [0.29, 0.717) is 11.3 Å². The summed E-state index contributed by atoms with van der Waals surface area (Å²) in [6.07, 6.45) is 0.999. The van der Waals surface area contributed by atoms with E-state index in [-0.39, 0.29) is 12.5 Å². The fraction of sp³-hybridized carbons (Fsp3) is 0.706. The van der Waals surface area contributed by atoms with Gasteiger partial charge in [0.2, 0.25) is 0 Å². The Labute approximate surface area is 149 Å². The smallest absolute Gasteiger partial charge is 0.406 e. The van der Waals surface area contributed by atoms with Gasteiger partial charge in [-0.25, -0.2) is 0 Å². The van der Waals surface area contributed by atoms with Crippen molar-refractivity contribution < 1.29 is 27.9 Å². The Hall–Kier alpha value is -2.06. The van der Waals surface area contributed by atoms with Crippen molar-refractivity contribution in [3.8, 4) is 0 Å². The third kappa shape index (κ3) is 3.07. The molecule has 0 bridgehead atoms. The number of hydrogen-bond acceptors (Lipinski definition) is 3. The number of rotatable bonds is 3. The molecule has 0 aromatic carbocycles. The van der Waals surface area contributed by atoms with Crippen molar-refractivity contribution >= 4 is 11.9 Å². The highest BCUT2D eigenvalue weighted by molar-refractivity contribution is 5.96. The van der Waals surface area contributed by atoms with Crippen LogP contribution in [0.4, 0.5) is 13.2 Å². The Bertz CT molecular complexity index is 710. The van der Waals surface area contributed by atoms with Crippen LogP contribution >= 0.6 is 0 Å². The molecule has 26 heavy (non-hydrogen) atoms. The summed E-state index contributed by atoms with van der Waals surface area (Å²) in [5.74, 6) is -2.37. The Morgan fingerprint density at radius 3 is 2.46 bits per heavy atom. The number of hydrogen-bond donors (Lipinski definition) is 1. The second kappa shape index (κ2) is 6.59. The first kappa shape index (κ1) is 18.7. The topological polar surface area (TPSA) is 75.4 Å². The van der Waals surface area contributed by atoms with Crippen molar-refractivity contribution in [1.29, 1.82) is 0 Å². The number of carboxylic acid groups (broad SMARTS) is 1. The van der Waals surface area contributed by atoms with E-state index in [1.54, 1.807) is 7.05 Å². The summed E-state index contributed by atoms with van der Waals surface area (Å²) in [5, 5.41) is 13.5. The summed E-state index contributed by atoms with van der Waals surface area (Å²) in [5.41, 5.74) is -1.98. The fourth-order valence-electron chi connectivity index (χ4n) is 4.03. The average Bonchev–Trinajstić information content (AvgIpc) is 3.19. The first-order chi connectivity index (χ1) is 12.2. The molecule has 1 aliphatic carbocycles. The van der Waals surface area contributed by atoms with E-state index < -0.39 is 36.4 Å². The van der Waals surface area contributed by atoms with E-state index in [2.05, 4.69) is 5.10 Å². The van der Waals surface area contributed by atoms with Crippen molar-refractivity contribution in [1.82, 2.24) is 14.7 Å². The second-order valence-electron chi connectivity index (χ2n) is 7.30. The molecule has 1 saturated carbocycles. The molecular weight excluding hydrogens is 351 g/mol. The summed E-state index contributed by atoms with van der Waals surface area (Å²) >= 11 is 0. The lowest BCUT2D eigenvalue weighted by atomic mass is 9.85. The lowest BCUT2D eigenvalue weighted by Crippen LogP contribution is -2.47. The van der Waals surface area contributed by atoms with Crippen molar-refractivity contribution in [2.24, 2.45) is 12.5 Å². The van der Waals surface area contributed by atoms with Gasteiger partial charge in [0.15, 0.2) is 5.41 Å². The highest BCUT2D eigenvalue weighted by Gasteiger charge is 2.64. The van der Waals surface area contributed by atoms with E-state index in [9.17, 15) is 22.8 Å². The minimum absolute atomic E-state index is 0.123. The molecule has 1 amide bonds. The average molecular weight is 373 g/mol. The zero-order valence-corrected chi connectivity index (χ0v) is 14.6. The van der Waals surface area contributed by atoms with Crippen LogP contribution in [0.3, 0.4) is 0 Å². The van der Waals surface area contributed by atoms with E-state index in [4.69, 9.17) is 5.11 Å². The SMILES string of the molecule is Cn1cc(C(=O)N2CCC(C(=O)O)(C(F)(F)F)C2)c(C2CCCCC2)n1. The molecule has 3 rings (SSSR count). The molecule has 1 saturated heterocycles. The van der Waals surface area contributed by atoms with Crippen LogP contribution < -0.4 is 0 Å². The Morgan fingerprint density at radius 1 is 1.27 bits per heavy atom. The minimum Gasteiger partial charge on any atom is -0.481 e. The zero-order valence-electron chi connectivity index (χ0n) is 14.6. The molecule has 2 heterocycles. The van der Waals surface area contributed by atoms with Gasteiger partial charge in [0.05, 0.1) is 11.3 Å². The lowest BCUT2D eigenvalue weighted by molar-refractivity contribution is -0.227. The monoisotopic (exact) mass is 373 g/mol. The molecule has 1 aromatic heterocycles. The van der Waals surface area contributed by atoms with Gasteiger partial charge in [-0.15, -0.1) is 0 Å². The van der Waals surface area contributed by atoms with Crippen molar-refractivity contribution in [3.63, 3.8) is 0 Å². The molecule has 1 atom stereocenters. The van der Waals surface area contributed by atoms with E-state index in [0.717, 1.165) is 37.0 Å². The molecule has 1 N–H and O–H groups in total. The van der Waals surface area contributed by atoms with Gasteiger partial charge in [0, 0.05) is 32.3 Å². The standard InChI is InChI=1S/C17H22F3N3O3/c1-22-9-12(13(21-22)11-5-3-2-4-6-11)14(24)23-8-7-16(10-23,15(25)26)17(18,19)20/h9,11H,2-8,10H2,1H3,(H,25,26). The van der Waals surface area contributed by atoms with Crippen LogP contribution in [0.25, 0.3) is 0 Å². The van der Waals surface area contributed by atoms with Gasteiger partial charge < -0.3 is 10.0 Å². The first-order valence-electron chi connectivity index (χ1n) is 8.78. The maximum atomic E-state index is 13.3. The highest BCUT2D eigenvalue weighted by Crippen LogP contribution is 2.46. The molecule has 2 aliphatic rings. The highest BCUT2D eigenvalue weighted by atomic mass is 19.4. The van der Waals surface area contributed by atoms with Crippen molar-refractivity contribution in [2.75, 3.05) is 13.1 Å². The van der Waals surface area contributed by atoms with Gasteiger partial charge in [-0.2, -0.15) is 18.3 Å². The van der Waals surface area contributed by atoms with Crippen LogP contribution in [-0.4, -0.2) is 50.9 Å². The molecule has 2 fully saturated rings. The van der Waals surface area contributed by atoms with Gasteiger partial charge in [-0.3, -0.25) is 14.3 Å². The van der Waals surface area contributed by atoms with Gasteiger partial charge in [-0.05, 0) is 19.3 Å². The molecule has 1 unspecified atom stereocenters. The number of amides is 1. The van der Waals surface area contributed by atoms with Gasteiger partial charge >= 0.3 is 12.1 Å². The fourth-order valence-corrected chi connectivity index (χ4v) is 4.03. The van der Waals surface area contributed by atoms with Gasteiger partial charge in [0.1, 0.15) is 0 Å². The molecule has 144 valence electrons. The number of likely N-dealkylation sites (tertiary alicyclic amines) is 1. The molecule has 6 nitrogen and oxygen atoms in total. The number of carbonyl (C=O) groups excluding carboxylic acids is 1. The summed E-state index contributed by atoms with van der Waals surface area (Å²) in [7, 11) is 1.67. The number of carbonyl (C=O) groups is 2. The number of aliphatic carboxylic acids is 1. The Kier molecular flexibility index (Phi) is 4.74.